The van der Waals surface area contributed by atoms with Gasteiger partial charge in [0.05, 0.1) is 16.9 Å². The SMILES string of the molecule is CCc1nc(CCNC(=O)C(NC)c2cnn(C)c2)sc1C.Cl.Cl. The molecular weight excluding hydrogens is 369 g/mol. The van der Waals surface area contributed by atoms with Crippen LogP contribution in [0.5, 0.6) is 0 Å². The van der Waals surface area contributed by atoms with E-state index >= 15 is 0 Å². The van der Waals surface area contributed by atoms with Crippen LogP contribution in [0.15, 0.2) is 12.4 Å². The lowest BCUT2D eigenvalue weighted by atomic mass is 10.1. The van der Waals surface area contributed by atoms with Gasteiger partial charge in [-0.05, 0) is 20.4 Å². The molecule has 1 atom stereocenters. The van der Waals surface area contributed by atoms with Gasteiger partial charge in [0.2, 0.25) is 5.91 Å². The number of carbonyl (C=O) groups is 1. The Morgan fingerprint density at radius 1 is 1.42 bits per heavy atom. The van der Waals surface area contributed by atoms with Crippen LogP contribution in [-0.2, 0) is 24.7 Å². The van der Waals surface area contributed by atoms with Crippen LogP contribution in [0.2, 0.25) is 0 Å². The molecule has 24 heavy (non-hydrogen) atoms. The number of nitrogens with one attached hydrogen (secondary N) is 2. The Kier molecular flexibility index (Phi) is 10.1. The van der Waals surface area contributed by atoms with Crippen LogP contribution in [0.25, 0.3) is 0 Å². The van der Waals surface area contributed by atoms with Crippen LogP contribution in [0.4, 0.5) is 0 Å². The number of hydrogen-bond acceptors (Lipinski definition) is 5. The molecule has 1 amide bonds. The zero-order valence-corrected chi connectivity index (χ0v) is 16.8. The molecular formula is C15H25Cl2N5OS. The van der Waals surface area contributed by atoms with E-state index in [-0.39, 0.29) is 36.8 Å². The van der Waals surface area contributed by atoms with Crippen molar-refractivity contribution in [3.8, 4) is 0 Å². The number of halogens is 2. The Labute approximate surface area is 159 Å². The summed E-state index contributed by atoms with van der Waals surface area (Å²) in [7, 11) is 3.61. The second-order valence-corrected chi connectivity index (χ2v) is 6.46. The van der Waals surface area contributed by atoms with E-state index < -0.39 is 0 Å². The number of amides is 1. The maximum absolute atomic E-state index is 12.3. The van der Waals surface area contributed by atoms with Crippen LogP contribution in [0.1, 0.15) is 34.1 Å². The minimum atomic E-state index is -0.377. The fraction of sp³-hybridized carbons (Fsp3) is 0.533. The number of likely N-dealkylation sites (N-methyl/N-ethyl adjacent to an activating group) is 1. The second-order valence-electron chi connectivity index (χ2n) is 5.17. The molecule has 0 aliphatic heterocycles. The highest BCUT2D eigenvalue weighted by Crippen LogP contribution is 2.18. The van der Waals surface area contributed by atoms with Crippen LogP contribution >= 0.6 is 36.2 Å². The predicted molar refractivity (Wildman–Crippen MR) is 102 cm³/mol. The summed E-state index contributed by atoms with van der Waals surface area (Å²) >= 11 is 1.71. The molecule has 0 aliphatic rings. The maximum Gasteiger partial charge on any atom is 0.241 e. The standard InChI is InChI=1S/C15H23N5OS.2ClH/c1-5-12-10(2)22-13(19-12)6-7-17-15(21)14(16-3)11-8-18-20(4)9-11;;/h8-9,14,16H,5-7H2,1-4H3,(H,17,21);2*1H. The average molecular weight is 394 g/mol. The molecule has 0 radical (unpaired) electrons. The number of carbonyl (C=O) groups excluding carboxylic acids is 1. The molecule has 6 nitrogen and oxygen atoms in total. The summed E-state index contributed by atoms with van der Waals surface area (Å²) < 4.78 is 1.69. The first kappa shape index (κ1) is 22.9. The molecule has 2 heterocycles. The third-order valence-corrected chi connectivity index (χ3v) is 4.59. The monoisotopic (exact) mass is 393 g/mol. The summed E-state index contributed by atoms with van der Waals surface area (Å²) in [6.07, 6.45) is 5.27. The Balaban J connectivity index is 0.00000264. The van der Waals surface area contributed by atoms with Crippen molar-refractivity contribution in [2.75, 3.05) is 13.6 Å². The molecule has 0 saturated heterocycles. The lowest BCUT2D eigenvalue weighted by Crippen LogP contribution is -2.36. The van der Waals surface area contributed by atoms with Gasteiger partial charge in [0.15, 0.2) is 0 Å². The van der Waals surface area contributed by atoms with E-state index in [0.717, 1.165) is 29.1 Å². The third kappa shape index (κ3) is 5.73. The van der Waals surface area contributed by atoms with Crippen molar-refractivity contribution in [3.05, 3.63) is 33.5 Å². The Morgan fingerprint density at radius 3 is 2.62 bits per heavy atom. The number of rotatable bonds is 7. The van der Waals surface area contributed by atoms with Gasteiger partial charge in [0, 0.05) is 36.7 Å². The molecule has 0 aliphatic carbocycles. The Bertz CT molecular complexity index is 644. The minimum absolute atomic E-state index is 0. The fourth-order valence-corrected chi connectivity index (χ4v) is 3.38. The van der Waals surface area contributed by atoms with Crippen molar-refractivity contribution in [1.82, 2.24) is 25.4 Å². The average Bonchev–Trinajstić information content (AvgIpc) is 3.06. The first-order chi connectivity index (χ1) is 10.5. The van der Waals surface area contributed by atoms with Crippen molar-refractivity contribution in [3.63, 3.8) is 0 Å². The van der Waals surface area contributed by atoms with Gasteiger partial charge in [0.1, 0.15) is 6.04 Å². The number of thiazole rings is 1. The highest BCUT2D eigenvalue weighted by molar-refractivity contribution is 7.11. The summed E-state index contributed by atoms with van der Waals surface area (Å²) in [5.74, 6) is -0.0421. The number of aromatic nitrogens is 3. The van der Waals surface area contributed by atoms with E-state index in [2.05, 4.69) is 34.6 Å². The van der Waals surface area contributed by atoms with Crippen LogP contribution in [-0.4, -0.2) is 34.3 Å². The molecule has 9 heteroatoms. The van der Waals surface area contributed by atoms with Crippen molar-refractivity contribution >= 4 is 42.1 Å². The highest BCUT2D eigenvalue weighted by Gasteiger charge is 2.19. The molecule has 2 aromatic rings. The summed E-state index contributed by atoms with van der Waals surface area (Å²) in [6.45, 7) is 4.80. The first-order valence-corrected chi connectivity index (χ1v) is 8.25. The minimum Gasteiger partial charge on any atom is -0.354 e. The van der Waals surface area contributed by atoms with Crippen molar-refractivity contribution in [2.45, 2.75) is 32.7 Å². The molecule has 0 saturated carbocycles. The summed E-state index contributed by atoms with van der Waals surface area (Å²) in [4.78, 5) is 18.1. The molecule has 0 spiro atoms. The van der Waals surface area contributed by atoms with E-state index in [4.69, 9.17) is 0 Å². The summed E-state index contributed by atoms with van der Waals surface area (Å²) in [5.41, 5.74) is 2.02. The zero-order chi connectivity index (χ0) is 16.1. The van der Waals surface area contributed by atoms with Crippen molar-refractivity contribution in [1.29, 1.82) is 0 Å². The van der Waals surface area contributed by atoms with Gasteiger partial charge in [0.25, 0.3) is 0 Å². The fourth-order valence-electron chi connectivity index (χ4n) is 2.36. The quantitative estimate of drug-likeness (QED) is 0.756. The third-order valence-electron chi connectivity index (χ3n) is 3.52. The van der Waals surface area contributed by atoms with Crippen LogP contribution in [0, 0.1) is 6.92 Å². The van der Waals surface area contributed by atoms with Crippen LogP contribution in [0.3, 0.4) is 0 Å². The number of aryl methyl sites for hydroxylation is 3. The highest BCUT2D eigenvalue weighted by atomic mass is 35.5. The lowest BCUT2D eigenvalue weighted by molar-refractivity contribution is -0.123. The van der Waals surface area contributed by atoms with Crippen molar-refractivity contribution in [2.24, 2.45) is 7.05 Å². The largest absolute Gasteiger partial charge is 0.354 e. The molecule has 136 valence electrons. The first-order valence-electron chi connectivity index (χ1n) is 7.43. The van der Waals surface area contributed by atoms with Gasteiger partial charge in [-0.1, -0.05) is 6.92 Å². The second kappa shape index (κ2) is 10.7. The molecule has 0 aromatic carbocycles. The normalized spacial score (nSPS) is 11.3. The van der Waals surface area contributed by atoms with E-state index in [0.29, 0.717) is 6.54 Å². The smallest absolute Gasteiger partial charge is 0.241 e. The van der Waals surface area contributed by atoms with Gasteiger partial charge in [-0.15, -0.1) is 36.2 Å². The molecule has 1 unspecified atom stereocenters. The Hall–Kier alpha value is -1.15. The topological polar surface area (TPSA) is 71.8 Å². The molecule has 2 aromatic heterocycles. The van der Waals surface area contributed by atoms with Gasteiger partial charge < -0.3 is 10.6 Å². The van der Waals surface area contributed by atoms with Crippen LogP contribution < -0.4 is 10.6 Å². The number of nitrogens with zero attached hydrogens (tertiary/aromatic N) is 3. The molecule has 2 N–H and O–H groups in total. The predicted octanol–water partition coefficient (Wildman–Crippen LogP) is 2.21. The summed E-state index contributed by atoms with van der Waals surface area (Å²) in [5, 5.41) is 11.2. The van der Waals surface area contributed by atoms with E-state index in [1.807, 2.05) is 13.2 Å². The molecule has 0 fully saturated rings. The van der Waals surface area contributed by atoms with E-state index in [9.17, 15) is 4.79 Å². The number of hydrogen-bond donors (Lipinski definition) is 2. The van der Waals surface area contributed by atoms with Gasteiger partial charge in [-0.25, -0.2) is 4.98 Å². The van der Waals surface area contributed by atoms with Gasteiger partial charge in [-0.3, -0.25) is 9.48 Å². The van der Waals surface area contributed by atoms with Crippen molar-refractivity contribution < 1.29 is 4.79 Å². The lowest BCUT2D eigenvalue weighted by Gasteiger charge is -2.14. The molecule has 2 rings (SSSR count). The maximum atomic E-state index is 12.3. The van der Waals surface area contributed by atoms with Gasteiger partial charge in [-0.2, -0.15) is 5.10 Å². The van der Waals surface area contributed by atoms with E-state index in [1.165, 1.54) is 4.88 Å². The Morgan fingerprint density at radius 2 is 2.12 bits per heavy atom. The summed E-state index contributed by atoms with van der Waals surface area (Å²) in [6, 6.07) is -0.377. The van der Waals surface area contributed by atoms with E-state index in [1.54, 1.807) is 29.3 Å². The van der Waals surface area contributed by atoms with Gasteiger partial charge >= 0.3 is 0 Å². The zero-order valence-electron chi connectivity index (χ0n) is 14.3. The molecule has 0 bridgehead atoms.